The van der Waals surface area contributed by atoms with Gasteiger partial charge in [0.25, 0.3) is 0 Å². The number of nitrogens with two attached hydrogens (primary N) is 1. The van der Waals surface area contributed by atoms with Gasteiger partial charge < -0.3 is 15.8 Å². The van der Waals surface area contributed by atoms with Gasteiger partial charge in [0.15, 0.2) is 5.82 Å². The molecule has 2 aliphatic rings. The third-order valence-corrected chi connectivity index (χ3v) is 4.22. The number of rotatable bonds is 3. The molecule has 0 spiro atoms. The fraction of sp³-hybridized carbons (Fsp3) is 0.692. The van der Waals surface area contributed by atoms with E-state index in [1.165, 1.54) is 38.7 Å². The van der Waals surface area contributed by atoms with Crippen molar-refractivity contribution in [3.63, 3.8) is 0 Å². The number of ether oxygens (including phenoxy) is 1. The van der Waals surface area contributed by atoms with Crippen molar-refractivity contribution in [2.45, 2.75) is 37.8 Å². The van der Waals surface area contributed by atoms with Gasteiger partial charge in [-0.3, -0.25) is 4.90 Å². The Morgan fingerprint density at radius 2 is 2.21 bits per heavy atom. The number of methoxy groups -OCH3 is 1. The number of hydrogen-bond donors (Lipinski definition) is 2. The zero-order chi connectivity index (χ0) is 13.2. The zero-order valence-electron chi connectivity index (χ0n) is 11.3. The Balaban J connectivity index is 1.75. The van der Waals surface area contributed by atoms with Crippen molar-refractivity contribution in [1.29, 1.82) is 0 Å². The Hall–Kier alpha value is -1.56. The van der Waals surface area contributed by atoms with E-state index >= 15 is 0 Å². The lowest BCUT2D eigenvalue weighted by atomic mass is 9.99. The topological polar surface area (TPSA) is 76.3 Å². The Morgan fingerprint density at radius 1 is 1.32 bits per heavy atom. The van der Waals surface area contributed by atoms with Gasteiger partial charge in [0, 0.05) is 18.6 Å². The van der Waals surface area contributed by atoms with Gasteiger partial charge in [0.05, 0.1) is 7.11 Å². The van der Waals surface area contributed by atoms with Gasteiger partial charge in [-0.1, -0.05) is 6.42 Å². The quantitative estimate of drug-likeness (QED) is 0.850. The van der Waals surface area contributed by atoms with E-state index in [-0.39, 0.29) is 0 Å². The number of aromatic nitrogens is 2. The van der Waals surface area contributed by atoms with Gasteiger partial charge in [-0.15, -0.1) is 0 Å². The molecule has 3 N–H and O–H groups in total. The fourth-order valence-corrected chi connectivity index (χ4v) is 3.25. The Labute approximate surface area is 113 Å². The summed E-state index contributed by atoms with van der Waals surface area (Å²) in [6.45, 7) is 2.40. The van der Waals surface area contributed by atoms with E-state index in [1.54, 1.807) is 7.11 Å². The first-order chi connectivity index (χ1) is 9.29. The summed E-state index contributed by atoms with van der Waals surface area (Å²) in [6.07, 6.45) is 6.55. The lowest BCUT2D eigenvalue weighted by Crippen LogP contribution is -2.41. The van der Waals surface area contributed by atoms with Crippen LogP contribution < -0.4 is 15.8 Å². The SMILES string of the molecule is COc1ncnc(NC2CCN3CCCCC23)c1N. The molecule has 6 nitrogen and oxygen atoms in total. The molecular formula is C13H21N5O. The minimum atomic E-state index is 0.433. The highest BCUT2D eigenvalue weighted by Gasteiger charge is 2.35. The van der Waals surface area contributed by atoms with E-state index in [0.717, 1.165) is 6.42 Å². The second-order valence-corrected chi connectivity index (χ2v) is 5.28. The molecule has 0 saturated carbocycles. The number of anilines is 2. The molecule has 104 valence electrons. The van der Waals surface area contributed by atoms with Gasteiger partial charge in [0.2, 0.25) is 5.88 Å². The summed E-state index contributed by atoms with van der Waals surface area (Å²) in [6, 6.07) is 1.05. The van der Waals surface area contributed by atoms with Crippen LogP contribution in [-0.2, 0) is 0 Å². The molecule has 3 heterocycles. The number of nitrogens with one attached hydrogen (secondary N) is 1. The molecule has 0 radical (unpaired) electrons. The van der Waals surface area contributed by atoms with Gasteiger partial charge >= 0.3 is 0 Å². The zero-order valence-corrected chi connectivity index (χ0v) is 11.3. The van der Waals surface area contributed by atoms with Gasteiger partial charge in [-0.2, -0.15) is 4.98 Å². The van der Waals surface area contributed by atoms with Crippen molar-refractivity contribution < 1.29 is 4.74 Å². The Bertz CT molecular complexity index is 453. The van der Waals surface area contributed by atoms with Crippen LogP contribution in [-0.4, -0.2) is 47.2 Å². The summed E-state index contributed by atoms with van der Waals surface area (Å²) in [5.41, 5.74) is 6.51. The van der Waals surface area contributed by atoms with Crippen LogP contribution >= 0.6 is 0 Å². The molecule has 2 unspecified atom stereocenters. The number of fused-ring (bicyclic) bond motifs is 1. The third kappa shape index (κ3) is 2.32. The summed E-state index contributed by atoms with van der Waals surface area (Å²) in [4.78, 5) is 10.8. The first-order valence-corrected chi connectivity index (χ1v) is 6.94. The molecule has 2 aliphatic heterocycles. The smallest absolute Gasteiger partial charge is 0.242 e. The molecule has 0 aliphatic carbocycles. The standard InChI is InChI=1S/C13H21N5O/c1-19-13-11(14)12(15-8-16-13)17-9-5-7-18-6-3-2-4-10(9)18/h8-10H,2-7,14H2,1H3,(H,15,16,17). The monoisotopic (exact) mass is 263 g/mol. The minimum absolute atomic E-state index is 0.433. The van der Waals surface area contributed by atoms with Crippen LogP contribution in [0.25, 0.3) is 0 Å². The average molecular weight is 263 g/mol. The highest BCUT2D eigenvalue weighted by atomic mass is 16.5. The second-order valence-electron chi connectivity index (χ2n) is 5.28. The summed E-state index contributed by atoms with van der Waals surface area (Å²) in [7, 11) is 1.57. The van der Waals surface area contributed by atoms with Gasteiger partial charge in [-0.05, 0) is 25.8 Å². The van der Waals surface area contributed by atoms with E-state index in [4.69, 9.17) is 10.5 Å². The number of piperidine rings is 1. The molecule has 1 aromatic heterocycles. The lowest BCUT2D eigenvalue weighted by molar-refractivity contribution is 0.192. The highest BCUT2D eigenvalue weighted by Crippen LogP contribution is 2.31. The summed E-state index contributed by atoms with van der Waals surface area (Å²) < 4.78 is 5.13. The van der Waals surface area contributed by atoms with Crippen molar-refractivity contribution in [2.24, 2.45) is 0 Å². The summed E-state index contributed by atoms with van der Waals surface area (Å²) in [5, 5.41) is 3.49. The molecule has 2 atom stereocenters. The van der Waals surface area contributed by atoms with Crippen LogP contribution in [0.15, 0.2) is 6.33 Å². The van der Waals surface area contributed by atoms with E-state index < -0.39 is 0 Å². The summed E-state index contributed by atoms with van der Waals surface area (Å²) in [5.74, 6) is 1.14. The molecule has 2 saturated heterocycles. The largest absolute Gasteiger partial charge is 0.479 e. The maximum absolute atomic E-state index is 6.01. The van der Waals surface area contributed by atoms with Crippen LogP contribution in [0.1, 0.15) is 25.7 Å². The number of nitrogen functional groups attached to an aromatic ring is 1. The second kappa shape index (κ2) is 5.21. The molecule has 0 aromatic carbocycles. The normalized spacial score (nSPS) is 27.0. The molecule has 6 heteroatoms. The first-order valence-electron chi connectivity index (χ1n) is 6.94. The molecular weight excluding hydrogens is 242 g/mol. The Morgan fingerprint density at radius 3 is 3.05 bits per heavy atom. The predicted molar refractivity (Wildman–Crippen MR) is 74.2 cm³/mol. The third-order valence-electron chi connectivity index (χ3n) is 4.22. The number of nitrogens with zero attached hydrogens (tertiary/aromatic N) is 3. The van der Waals surface area contributed by atoms with Crippen molar-refractivity contribution in [2.75, 3.05) is 31.2 Å². The minimum Gasteiger partial charge on any atom is -0.479 e. The molecule has 2 fully saturated rings. The van der Waals surface area contributed by atoms with Gasteiger partial charge in [-0.25, -0.2) is 4.98 Å². The molecule has 0 amide bonds. The maximum Gasteiger partial charge on any atom is 0.242 e. The first kappa shape index (κ1) is 12.5. The lowest BCUT2D eigenvalue weighted by Gasteiger charge is -2.32. The van der Waals surface area contributed by atoms with E-state index in [0.29, 0.717) is 29.5 Å². The van der Waals surface area contributed by atoms with Crippen LogP contribution in [0.2, 0.25) is 0 Å². The van der Waals surface area contributed by atoms with Crippen LogP contribution in [0.3, 0.4) is 0 Å². The van der Waals surface area contributed by atoms with Crippen molar-refractivity contribution >= 4 is 11.5 Å². The fourth-order valence-electron chi connectivity index (χ4n) is 3.25. The van der Waals surface area contributed by atoms with E-state index in [9.17, 15) is 0 Å². The summed E-state index contributed by atoms with van der Waals surface area (Å²) >= 11 is 0. The van der Waals surface area contributed by atoms with Gasteiger partial charge in [0.1, 0.15) is 12.0 Å². The molecule has 19 heavy (non-hydrogen) atoms. The predicted octanol–water partition coefficient (Wildman–Crippen LogP) is 1.11. The maximum atomic E-state index is 6.01. The average Bonchev–Trinajstić information content (AvgIpc) is 2.85. The van der Waals surface area contributed by atoms with Crippen molar-refractivity contribution in [3.8, 4) is 5.88 Å². The van der Waals surface area contributed by atoms with E-state index in [1.807, 2.05) is 0 Å². The van der Waals surface area contributed by atoms with Crippen LogP contribution in [0, 0.1) is 0 Å². The number of hydrogen-bond acceptors (Lipinski definition) is 6. The highest BCUT2D eigenvalue weighted by molar-refractivity contribution is 5.66. The molecule has 3 rings (SSSR count). The molecule has 0 bridgehead atoms. The van der Waals surface area contributed by atoms with Crippen LogP contribution in [0.4, 0.5) is 11.5 Å². The van der Waals surface area contributed by atoms with Crippen molar-refractivity contribution in [3.05, 3.63) is 6.33 Å². The van der Waals surface area contributed by atoms with E-state index in [2.05, 4.69) is 20.2 Å². The molecule has 1 aromatic rings. The van der Waals surface area contributed by atoms with Crippen molar-refractivity contribution in [1.82, 2.24) is 14.9 Å². The Kier molecular flexibility index (Phi) is 3.42. The van der Waals surface area contributed by atoms with Crippen LogP contribution in [0.5, 0.6) is 5.88 Å².